The van der Waals surface area contributed by atoms with Gasteiger partial charge in [-0.1, -0.05) is 24.3 Å². The molecule has 72 valence electrons. The first-order valence-electron chi connectivity index (χ1n) is 3.88. The zero-order valence-corrected chi connectivity index (χ0v) is 10.3. The molecule has 12 heavy (non-hydrogen) atoms. The third-order valence-electron chi connectivity index (χ3n) is 1.54. The van der Waals surface area contributed by atoms with Gasteiger partial charge in [-0.25, -0.2) is 0 Å². The number of carbonyl (C=O) groups is 1. The van der Waals surface area contributed by atoms with Crippen molar-refractivity contribution in [2.75, 3.05) is 6.54 Å². The van der Waals surface area contributed by atoms with Gasteiger partial charge in [0, 0.05) is 7.30 Å². The van der Waals surface area contributed by atoms with E-state index in [0.717, 1.165) is 19.3 Å². The van der Waals surface area contributed by atoms with Crippen LogP contribution in [0.3, 0.4) is 0 Å². The van der Waals surface area contributed by atoms with Gasteiger partial charge in [-0.15, -0.1) is 0 Å². The fraction of sp³-hybridized carbons (Fsp3) is 0.833. The van der Waals surface area contributed by atoms with Crippen molar-refractivity contribution in [1.82, 2.24) is 0 Å². The molecule has 0 aliphatic carbocycles. The second kappa shape index (κ2) is 7.30. The minimum absolute atomic E-state index is 0.150. The molecule has 0 spiro atoms. The zero-order valence-electron chi connectivity index (χ0n) is 7.07. The summed E-state index contributed by atoms with van der Waals surface area (Å²) in [6, 6.07) is -0.294. The van der Waals surface area contributed by atoms with Gasteiger partial charge in [-0.3, -0.25) is 4.79 Å². The summed E-state index contributed by atoms with van der Waals surface area (Å²) in [5, 5.41) is 0. The highest BCUT2D eigenvalue weighted by atomic mass is 32.4. The molecule has 0 rings (SSSR count). The van der Waals surface area contributed by atoms with E-state index in [1.807, 2.05) is 0 Å². The van der Waals surface area contributed by atoms with Gasteiger partial charge in [0.1, 0.15) is 0 Å². The van der Waals surface area contributed by atoms with E-state index in [9.17, 15) is 4.79 Å². The molecule has 0 saturated heterocycles. The Kier molecular flexibility index (Phi) is 7.83. The van der Waals surface area contributed by atoms with Crippen molar-refractivity contribution in [2.45, 2.75) is 25.3 Å². The lowest BCUT2D eigenvalue weighted by Gasteiger charge is -2.11. The first kappa shape index (κ1) is 12.9. The second-order valence-electron chi connectivity index (χ2n) is 2.64. The summed E-state index contributed by atoms with van der Waals surface area (Å²) >= 11 is 0. The van der Waals surface area contributed by atoms with Crippen LogP contribution in [0.1, 0.15) is 19.3 Å². The van der Waals surface area contributed by atoms with E-state index in [1.54, 1.807) is 0 Å². The molecule has 0 aromatic rings. The van der Waals surface area contributed by atoms with Gasteiger partial charge < -0.3 is 11.5 Å². The quantitative estimate of drug-likeness (QED) is 0.525. The summed E-state index contributed by atoms with van der Waals surface area (Å²) in [6.07, 6.45) is 2.66. The smallest absolute Gasteiger partial charge is 0.178 e. The summed E-state index contributed by atoms with van der Waals surface area (Å²) in [4.78, 5) is 11.3. The van der Waals surface area contributed by atoms with E-state index in [0.29, 0.717) is 6.54 Å². The van der Waals surface area contributed by atoms with E-state index < -0.39 is 7.30 Å². The molecule has 0 amide bonds. The molecule has 6 heteroatoms. The van der Waals surface area contributed by atoms with Gasteiger partial charge in [0.15, 0.2) is 5.52 Å². The predicted molar refractivity (Wildman–Crippen MR) is 62.2 cm³/mol. The zero-order chi connectivity index (χ0) is 9.56. The normalized spacial score (nSPS) is 13.4. The first-order valence-corrected chi connectivity index (χ1v) is 8.46. The third-order valence-corrected chi connectivity index (χ3v) is 3.91. The van der Waals surface area contributed by atoms with Crippen LogP contribution in [0, 0.1) is 0 Å². The summed E-state index contributed by atoms with van der Waals surface area (Å²) < 4.78 is 0. The molecule has 0 fully saturated rings. The maximum atomic E-state index is 11.3. The molecule has 3 unspecified atom stereocenters. The van der Waals surface area contributed by atoms with Gasteiger partial charge in [0.05, 0.1) is 6.04 Å². The van der Waals surface area contributed by atoms with Gasteiger partial charge in [0.25, 0.3) is 0 Å². The van der Waals surface area contributed by atoms with Crippen LogP contribution >= 0.6 is 25.2 Å². The van der Waals surface area contributed by atoms with Crippen molar-refractivity contribution < 1.29 is 4.79 Å². The Labute approximate surface area is 79.4 Å². The van der Waals surface area contributed by atoms with Crippen molar-refractivity contribution in [1.29, 1.82) is 0 Å². The molecule has 0 aromatic carbocycles. The van der Waals surface area contributed by atoms with E-state index >= 15 is 0 Å². The molecule has 4 N–H and O–H groups in total. The lowest BCUT2D eigenvalue weighted by molar-refractivity contribution is -0.112. The highest BCUT2D eigenvalue weighted by Gasteiger charge is 2.15. The maximum absolute atomic E-state index is 11.3. The molecule has 3 nitrogen and oxygen atoms in total. The Morgan fingerprint density at radius 1 is 1.42 bits per heavy atom. The Bertz CT molecular complexity index is 143. The van der Waals surface area contributed by atoms with Crippen molar-refractivity contribution in [3.63, 3.8) is 0 Å². The Morgan fingerprint density at radius 2 is 2.00 bits per heavy atom. The van der Waals surface area contributed by atoms with Crippen LogP contribution in [0.5, 0.6) is 0 Å². The molecule has 0 aromatic heterocycles. The highest BCUT2D eigenvalue weighted by molar-refractivity contribution is 8.50. The molecule has 0 heterocycles. The van der Waals surface area contributed by atoms with Gasteiger partial charge in [0.2, 0.25) is 0 Å². The van der Waals surface area contributed by atoms with Crippen LogP contribution in [0.4, 0.5) is 0 Å². The number of nitrogens with two attached hydrogens (primary N) is 2. The molecule has 0 bridgehead atoms. The van der Waals surface area contributed by atoms with Gasteiger partial charge in [-0.05, 0) is 19.4 Å². The van der Waals surface area contributed by atoms with E-state index in [1.165, 1.54) is 0 Å². The Morgan fingerprint density at radius 3 is 2.42 bits per heavy atom. The SMILES string of the molecule is NCCCCC(N)C(=O)P(P)P. The number of hydrogen-bond donors (Lipinski definition) is 2. The largest absolute Gasteiger partial charge is 0.330 e. The lowest BCUT2D eigenvalue weighted by Crippen LogP contribution is -2.27. The summed E-state index contributed by atoms with van der Waals surface area (Å²) in [5.41, 5.74) is 11.1. The van der Waals surface area contributed by atoms with Crippen LogP contribution in [-0.4, -0.2) is 18.1 Å². The van der Waals surface area contributed by atoms with Crippen LogP contribution in [0.2, 0.25) is 0 Å². The summed E-state index contributed by atoms with van der Waals surface area (Å²) in [7, 11) is 4.30. The molecular weight excluding hydrogens is 209 g/mol. The Balaban J connectivity index is 3.57. The Hall–Kier alpha value is 0.880. The van der Waals surface area contributed by atoms with Crippen LogP contribution in [-0.2, 0) is 4.79 Å². The van der Waals surface area contributed by atoms with Crippen molar-refractivity contribution in [3.8, 4) is 0 Å². The average molecular weight is 226 g/mol. The topological polar surface area (TPSA) is 69.1 Å². The number of hydrogen-bond acceptors (Lipinski definition) is 3. The van der Waals surface area contributed by atoms with Gasteiger partial charge >= 0.3 is 0 Å². The monoisotopic (exact) mass is 226 g/mol. The molecule has 3 atom stereocenters. The molecule has 0 aliphatic heterocycles. The fourth-order valence-electron chi connectivity index (χ4n) is 0.824. The van der Waals surface area contributed by atoms with E-state index in [2.05, 4.69) is 17.9 Å². The van der Waals surface area contributed by atoms with Crippen molar-refractivity contribution in [2.24, 2.45) is 11.5 Å². The molecule has 0 radical (unpaired) electrons. The van der Waals surface area contributed by atoms with E-state index in [4.69, 9.17) is 11.5 Å². The van der Waals surface area contributed by atoms with E-state index in [-0.39, 0.29) is 11.6 Å². The van der Waals surface area contributed by atoms with Crippen molar-refractivity contribution >= 4 is 30.7 Å². The van der Waals surface area contributed by atoms with Crippen LogP contribution < -0.4 is 11.5 Å². The van der Waals surface area contributed by atoms with Crippen LogP contribution in [0.15, 0.2) is 0 Å². The number of unbranched alkanes of at least 4 members (excludes halogenated alkanes) is 1. The summed E-state index contributed by atoms with van der Waals surface area (Å²) in [6.45, 7) is 0.678. The highest BCUT2D eigenvalue weighted by Crippen LogP contribution is 2.54. The minimum Gasteiger partial charge on any atom is -0.330 e. The fourth-order valence-corrected chi connectivity index (χ4v) is 2.48. The molecule has 0 aliphatic rings. The predicted octanol–water partition coefficient (Wildman–Crippen LogP) is 1.03. The summed E-state index contributed by atoms with van der Waals surface area (Å²) in [5.74, 6) is 0. The molecule has 0 saturated carbocycles. The maximum Gasteiger partial charge on any atom is 0.178 e. The standard InChI is InChI=1S/C6H17N2OP3/c7-4-2-1-3-5(8)6(9)12(10)11/h5H,1-4,7-8,10-11H2. The van der Waals surface area contributed by atoms with Crippen LogP contribution in [0.25, 0.3) is 0 Å². The first-order chi connectivity index (χ1) is 5.59. The minimum atomic E-state index is -0.684. The van der Waals surface area contributed by atoms with Crippen molar-refractivity contribution in [3.05, 3.63) is 0 Å². The number of carbonyl (C=O) groups excluding carboxylic acids is 1. The average Bonchev–Trinajstić information content (AvgIpc) is 2.03. The van der Waals surface area contributed by atoms with Gasteiger partial charge in [-0.2, -0.15) is 0 Å². The third kappa shape index (κ3) is 5.51. The lowest BCUT2D eigenvalue weighted by atomic mass is 10.1. The number of rotatable bonds is 6. The molecular formula is C6H17N2OP3. The second-order valence-corrected chi connectivity index (χ2v) is 9.02.